The molecule has 0 aliphatic heterocycles. The van der Waals surface area contributed by atoms with Gasteiger partial charge in [0.1, 0.15) is 0 Å². The van der Waals surface area contributed by atoms with Crippen molar-refractivity contribution in [2.75, 3.05) is 0 Å². The molecule has 0 spiro atoms. The van der Waals surface area contributed by atoms with Gasteiger partial charge in [0, 0.05) is 11.0 Å². The van der Waals surface area contributed by atoms with Gasteiger partial charge in [0.25, 0.3) is 0 Å². The van der Waals surface area contributed by atoms with E-state index in [1.807, 2.05) is 48.5 Å². The van der Waals surface area contributed by atoms with E-state index in [-0.39, 0.29) is 17.1 Å². The van der Waals surface area contributed by atoms with Gasteiger partial charge in [0.2, 0.25) is 0 Å². The maximum Gasteiger partial charge on any atom is 0.169 e. The molecule has 20 heavy (non-hydrogen) atoms. The molecule has 1 atom stereocenters. The number of ketones is 1. The molecule has 0 radical (unpaired) electrons. The Morgan fingerprint density at radius 1 is 0.950 bits per heavy atom. The SMILES string of the molecule is CC(C)C(C)(Cc1ccccc1)C(=O)c1ccccc1. The van der Waals surface area contributed by atoms with Gasteiger partial charge in [0.15, 0.2) is 5.78 Å². The van der Waals surface area contributed by atoms with Gasteiger partial charge in [-0.15, -0.1) is 0 Å². The Morgan fingerprint density at radius 2 is 1.45 bits per heavy atom. The molecule has 0 aliphatic carbocycles. The second-order valence-electron chi connectivity index (χ2n) is 5.93. The first-order valence-corrected chi connectivity index (χ1v) is 7.18. The lowest BCUT2D eigenvalue weighted by Gasteiger charge is -2.32. The van der Waals surface area contributed by atoms with Crippen LogP contribution in [0.1, 0.15) is 36.7 Å². The minimum absolute atomic E-state index is 0.233. The highest BCUT2D eigenvalue weighted by molar-refractivity contribution is 6.00. The third-order valence-electron chi connectivity index (χ3n) is 4.24. The van der Waals surface area contributed by atoms with Crippen molar-refractivity contribution in [2.24, 2.45) is 11.3 Å². The molecule has 0 amide bonds. The molecule has 1 heteroatoms. The van der Waals surface area contributed by atoms with Crippen LogP contribution in [0.5, 0.6) is 0 Å². The summed E-state index contributed by atoms with van der Waals surface area (Å²) in [5.74, 6) is 0.521. The van der Waals surface area contributed by atoms with Crippen molar-refractivity contribution < 1.29 is 4.79 Å². The number of carbonyl (C=O) groups is 1. The molecule has 0 heterocycles. The van der Waals surface area contributed by atoms with Crippen molar-refractivity contribution >= 4 is 5.78 Å². The lowest BCUT2D eigenvalue weighted by Crippen LogP contribution is -2.35. The maximum atomic E-state index is 12.9. The molecule has 2 aromatic carbocycles. The van der Waals surface area contributed by atoms with Gasteiger partial charge in [-0.05, 0) is 17.9 Å². The lowest BCUT2D eigenvalue weighted by atomic mass is 9.69. The van der Waals surface area contributed by atoms with E-state index in [1.165, 1.54) is 5.56 Å². The summed E-state index contributed by atoms with van der Waals surface area (Å²) in [5.41, 5.74) is 1.65. The predicted octanol–water partition coefficient (Wildman–Crippen LogP) is 4.77. The molecule has 0 aromatic heterocycles. The third-order valence-corrected chi connectivity index (χ3v) is 4.24. The molecule has 2 rings (SSSR count). The molecule has 1 nitrogen and oxygen atoms in total. The zero-order chi connectivity index (χ0) is 14.6. The fourth-order valence-corrected chi connectivity index (χ4v) is 2.49. The summed E-state index contributed by atoms with van der Waals surface area (Å²) < 4.78 is 0. The van der Waals surface area contributed by atoms with Gasteiger partial charge in [-0.1, -0.05) is 81.4 Å². The van der Waals surface area contributed by atoms with Gasteiger partial charge in [-0.25, -0.2) is 0 Å². The summed E-state index contributed by atoms with van der Waals surface area (Å²) >= 11 is 0. The van der Waals surface area contributed by atoms with Gasteiger partial charge in [-0.2, -0.15) is 0 Å². The molecule has 0 saturated carbocycles. The van der Waals surface area contributed by atoms with Crippen molar-refractivity contribution in [2.45, 2.75) is 27.2 Å². The average molecular weight is 266 g/mol. The zero-order valence-corrected chi connectivity index (χ0v) is 12.5. The number of benzene rings is 2. The van der Waals surface area contributed by atoms with Crippen LogP contribution in [0, 0.1) is 11.3 Å². The normalized spacial score (nSPS) is 14.0. The molecular weight excluding hydrogens is 244 g/mol. The molecule has 2 aromatic rings. The highest BCUT2D eigenvalue weighted by atomic mass is 16.1. The summed E-state index contributed by atoms with van der Waals surface area (Å²) in [6.45, 7) is 6.34. The van der Waals surface area contributed by atoms with Gasteiger partial charge in [0.05, 0.1) is 0 Å². The van der Waals surface area contributed by atoms with Crippen LogP contribution >= 0.6 is 0 Å². The number of hydrogen-bond donors (Lipinski definition) is 0. The Kier molecular flexibility index (Phi) is 4.39. The van der Waals surface area contributed by atoms with Crippen LogP contribution in [-0.2, 0) is 6.42 Å². The van der Waals surface area contributed by atoms with Crippen molar-refractivity contribution in [1.82, 2.24) is 0 Å². The quantitative estimate of drug-likeness (QED) is 0.712. The van der Waals surface area contributed by atoms with Crippen LogP contribution in [0.15, 0.2) is 60.7 Å². The standard InChI is InChI=1S/C19H22O/c1-15(2)19(3,14-16-10-6-4-7-11-16)18(20)17-12-8-5-9-13-17/h4-13,15H,14H2,1-3H3. The van der Waals surface area contributed by atoms with Gasteiger partial charge in [-0.3, -0.25) is 4.79 Å². The monoisotopic (exact) mass is 266 g/mol. The van der Waals surface area contributed by atoms with E-state index in [0.717, 1.165) is 12.0 Å². The van der Waals surface area contributed by atoms with Crippen LogP contribution in [0.3, 0.4) is 0 Å². The molecule has 0 saturated heterocycles. The number of hydrogen-bond acceptors (Lipinski definition) is 1. The van der Waals surface area contributed by atoms with E-state index in [1.54, 1.807) is 0 Å². The lowest BCUT2D eigenvalue weighted by molar-refractivity contribution is 0.0737. The van der Waals surface area contributed by atoms with E-state index < -0.39 is 0 Å². The summed E-state index contributed by atoms with van der Waals surface area (Å²) in [6.07, 6.45) is 0.777. The topological polar surface area (TPSA) is 17.1 Å². The second-order valence-corrected chi connectivity index (χ2v) is 5.93. The van der Waals surface area contributed by atoms with E-state index in [2.05, 4.69) is 32.9 Å². The number of carbonyl (C=O) groups excluding carboxylic acids is 1. The summed E-state index contributed by atoms with van der Waals surface area (Å²) in [5, 5.41) is 0. The predicted molar refractivity (Wildman–Crippen MR) is 83.9 cm³/mol. The molecule has 0 N–H and O–H groups in total. The molecular formula is C19H22O. The highest BCUT2D eigenvalue weighted by Gasteiger charge is 2.36. The first kappa shape index (κ1) is 14.5. The Morgan fingerprint density at radius 3 is 1.95 bits per heavy atom. The Bertz CT molecular complexity index is 557. The Hall–Kier alpha value is -1.89. The van der Waals surface area contributed by atoms with Crippen LogP contribution < -0.4 is 0 Å². The summed E-state index contributed by atoms with van der Waals surface area (Å²) in [4.78, 5) is 12.9. The molecule has 1 unspecified atom stereocenters. The smallest absolute Gasteiger partial charge is 0.169 e. The number of Topliss-reactive ketones (excluding diaryl/α,β-unsaturated/α-hetero) is 1. The van der Waals surface area contributed by atoms with Crippen molar-refractivity contribution in [1.29, 1.82) is 0 Å². The Labute approximate surface area is 121 Å². The van der Waals surface area contributed by atoms with Crippen LogP contribution in [0.2, 0.25) is 0 Å². The van der Waals surface area contributed by atoms with Crippen LogP contribution in [0.25, 0.3) is 0 Å². The minimum Gasteiger partial charge on any atom is -0.294 e. The van der Waals surface area contributed by atoms with Crippen molar-refractivity contribution in [3.05, 3.63) is 71.8 Å². The zero-order valence-electron chi connectivity index (χ0n) is 12.5. The van der Waals surface area contributed by atoms with Crippen LogP contribution in [0.4, 0.5) is 0 Å². The molecule has 104 valence electrons. The molecule has 0 fully saturated rings. The fourth-order valence-electron chi connectivity index (χ4n) is 2.49. The minimum atomic E-state index is -0.372. The van der Waals surface area contributed by atoms with Crippen molar-refractivity contribution in [3.8, 4) is 0 Å². The largest absolute Gasteiger partial charge is 0.294 e. The average Bonchev–Trinajstić information content (AvgIpc) is 2.48. The maximum absolute atomic E-state index is 12.9. The first-order chi connectivity index (χ1) is 9.54. The molecule has 0 aliphatic rings. The summed E-state index contributed by atoms with van der Waals surface area (Å²) in [6, 6.07) is 19.9. The van der Waals surface area contributed by atoms with Crippen LogP contribution in [-0.4, -0.2) is 5.78 Å². The van der Waals surface area contributed by atoms with Gasteiger partial charge >= 0.3 is 0 Å². The fraction of sp³-hybridized carbons (Fsp3) is 0.316. The van der Waals surface area contributed by atoms with E-state index >= 15 is 0 Å². The van der Waals surface area contributed by atoms with E-state index in [0.29, 0.717) is 0 Å². The van der Waals surface area contributed by atoms with Gasteiger partial charge < -0.3 is 0 Å². The highest BCUT2D eigenvalue weighted by Crippen LogP contribution is 2.35. The second kappa shape index (κ2) is 6.04. The van der Waals surface area contributed by atoms with E-state index in [9.17, 15) is 4.79 Å². The first-order valence-electron chi connectivity index (χ1n) is 7.18. The van der Waals surface area contributed by atoms with Crippen molar-refractivity contribution in [3.63, 3.8) is 0 Å². The number of rotatable bonds is 5. The molecule has 0 bridgehead atoms. The van der Waals surface area contributed by atoms with E-state index in [4.69, 9.17) is 0 Å². The summed E-state index contributed by atoms with van der Waals surface area (Å²) in [7, 11) is 0. The Balaban J connectivity index is 2.33. The third kappa shape index (κ3) is 2.98.